The summed E-state index contributed by atoms with van der Waals surface area (Å²) in [4.78, 5) is 16.1. The first-order valence-corrected chi connectivity index (χ1v) is 6.29. The molecule has 1 amide bonds. The lowest BCUT2D eigenvalue weighted by atomic mass is 10.1. The van der Waals surface area contributed by atoms with Gasteiger partial charge in [0, 0.05) is 18.3 Å². The van der Waals surface area contributed by atoms with Crippen LogP contribution >= 0.6 is 0 Å². The fraction of sp³-hybridized carbons (Fsp3) is 0.200. The summed E-state index contributed by atoms with van der Waals surface area (Å²) in [6.07, 6.45) is 1.89. The summed E-state index contributed by atoms with van der Waals surface area (Å²) in [6, 6.07) is 11.0. The number of carbonyl (C=O) groups excluding carboxylic acids is 1. The molecule has 0 bridgehead atoms. The summed E-state index contributed by atoms with van der Waals surface area (Å²) in [5.41, 5.74) is 7.26. The number of hydrogen-bond donors (Lipinski definition) is 2. The molecule has 0 aliphatic carbocycles. The van der Waals surface area contributed by atoms with Crippen LogP contribution in [0.4, 0.5) is 5.82 Å². The average Bonchev–Trinajstić information content (AvgIpc) is 2.48. The maximum Gasteiger partial charge on any atom is 0.230 e. The summed E-state index contributed by atoms with van der Waals surface area (Å²) in [5, 5.41) is 2.75. The van der Waals surface area contributed by atoms with Crippen molar-refractivity contribution in [2.45, 2.75) is 13.0 Å². The van der Waals surface area contributed by atoms with Crippen LogP contribution in [0.5, 0.6) is 5.75 Å². The van der Waals surface area contributed by atoms with Crippen molar-refractivity contribution >= 4 is 11.7 Å². The van der Waals surface area contributed by atoms with E-state index in [1.54, 1.807) is 19.4 Å². The van der Waals surface area contributed by atoms with Crippen LogP contribution < -0.4 is 15.8 Å². The number of carbonyl (C=O) groups is 1. The van der Waals surface area contributed by atoms with Gasteiger partial charge in [0.1, 0.15) is 11.6 Å². The number of anilines is 1. The van der Waals surface area contributed by atoms with Gasteiger partial charge < -0.3 is 15.8 Å². The van der Waals surface area contributed by atoms with Crippen molar-refractivity contribution < 1.29 is 9.53 Å². The third-order valence-electron chi connectivity index (χ3n) is 2.87. The Hall–Kier alpha value is -2.40. The lowest BCUT2D eigenvalue weighted by Gasteiger charge is -2.08. The first kappa shape index (κ1) is 14.0. The zero-order valence-corrected chi connectivity index (χ0v) is 11.3. The Balaban J connectivity index is 2.01. The van der Waals surface area contributed by atoms with Crippen LogP contribution in [0.15, 0.2) is 42.6 Å². The Morgan fingerprint density at radius 2 is 2.10 bits per heavy atom. The van der Waals surface area contributed by atoms with E-state index in [1.807, 2.05) is 30.3 Å². The van der Waals surface area contributed by atoms with E-state index in [9.17, 15) is 4.79 Å². The molecule has 0 aliphatic rings. The molecule has 0 saturated heterocycles. The van der Waals surface area contributed by atoms with Gasteiger partial charge in [-0.1, -0.05) is 24.3 Å². The standard InChI is InChI=1S/C15H17N3O2/c1-20-13-5-3-2-4-12(13)8-15(19)18-14-7-6-11(9-16)10-17-14/h2-7,10H,8-9,16H2,1H3,(H,17,18,19). The summed E-state index contributed by atoms with van der Waals surface area (Å²) in [6.45, 7) is 0.433. The molecule has 0 spiro atoms. The molecule has 0 saturated carbocycles. The van der Waals surface area contributed by atoms with Gasteiger partial charge in [-0.3, -0.25) is 4.79 Å². The van der Waals surface area contributed by atoms with Crippen molar-refractivity contribution in [3.05, 3.63) is 53.7 Å². The molecule has 0 unspecified atom stereocenters. The number of methoxy groups -OCH3 is 1. The highest BCUT2D eigenvalue weighted by Gasteiger charge is 2.08. The van der Waals surface area contributed by atoms with Crippen molar-refractivity contribution in [2.24, 2.45) is 5.73 Å². The van der Waals surface area contributed by atoms with E-state index in [0.29, 0.717) is 18.1 Å². The Morgan fingerprint density at radius 3 is 2.75 bits per heavy atom. The molecule has 0 radical (unpaired) electrons. The van der Waals surface area contributed by atoms with Gasteiger partial charge in [-0.05, 0) is 17.7 Å². The van der Waals surface area contributed by atoms with Crippen LogP contribution in [0.3, 0.4) is 0 Å². The van der Waals surface area contributed by atoms with Gasteiger partial charge >= 0.3 is 0 Å². The van der Waals surface area contributed by atoms with E-state index in [1.165, 1.54) is 0 Å². The third kappa shape index (κ3) is 3.55. The molecule has 0 atom stereocenters. The van der Waals surface area contributed by atoms with Gasteiger partial charge in [0.2, 0.25) is 5.91 Å². The topological polar surface area (TPSA) is 77.2 Å². The number of nitrogens with one attached hydrogen (secondary N) is 1. The fourth-order valence-electron chi connectivity index (χ4n) is 1.83. The van der Waals surface area contributed by atoms with Crippen molar-refractivity contribution in [2.75, 3.05) is 12.4 Å². The summed E-state index contributed by atoms with van der Waals surface area (Å²) >= 11 is 0. The molecule has 2 aromatic rings. The molecule has 104 valence electrons. The van der Waals surface area contributed by atoms with Gasteiger partial charge in [-0.15, -0.1) is 0 Å². The van der Waals surface area contributed by atoms with Crippen LogP contribution in [-0.2, 0) is 17.8 Å². The number of nitrogens with zero attached hydrogens (tertiary/aromatic N) is 1. The Labute approximate surface area is 117 Å². The molecular weight excluding hydrogens is 254 g/mol. The van der Waals surface area contributed by atoms with Crippen molar-refractivity contribution in [3.63, 3.8) is 0 Å². The number of pyridine rings is 1. The maximum atomic E-state index is 12.0. The van der Waals surface area contributed by atoms with Crippen molar-refractivity contribution in [1.82, 2.24) is 4.98 Å². The highest BCUT2D eigenvalue weighted by Crippen LogP contribution is 2.18. The summed E-state index contributed by atoms with van der Waals surface area (Å²) in [7, 11) is 1.59. The monoisotopic (exact) mass is 271 g/mol. The molecule has 0 aliphatic heterocycles. The van der Waals surface area contributed by atoms with Crippen LogP contribution in [0, 0.1) is 0 Å². The van der Waals surface area contributed by atoms with Crippen molar-refractivity contribution in [3.8, 4) is 5.75 Å². The van der Waals surface area contributed by atoms with Crippen LogP contribution in [-0.4, -0.2) is 18.0 Å². The van der Waals surface area contributed by atoms with Crippen LogP contribution in [0.1, 0.15) is 11.1 Å². The van der Waals surface area contributed by atoms with E-state index in [0.717, 1.165) is 11.1 Å². The van der Waals surface area contributed by atoms with Crippen molar-refractivity contribution in [1.29, 1.82) is 0 Å². The Morgan fingerprint density at radius 1 is 1.30 bits per heavy atom. The van der Waals surface area contributed by atoms with E-state index in [4.69, 9.17) is 10.5 Å². The molecule has 3 N–H and O–H groups in total. The number of ether oxygens (including phenoxy) is 1. The molecule has 1 heterocycles. The second-order valence-electron chi connectivity index (χ2n) is 4.29. The summed E-state index contributed by atoms with van der Waals surface area (Å²) in [5.74, 6) is 1.08. The predicted molar refractivity (Wildman–Crippen MR) is 77.5 cm³/mol. The highest BCUT2D eigenvalue weighted by atomic mass is 16.5. The largest absolute Gasteiger partial charge is 0.496 e. The molecular formula is C15H17N3O2. The third-order valence-corrected chi connectivity index (χ3v) is 2.87. The minimum Gasteiger partial charge on any atom is -0.496 e. The van der Waals surface area contributed by atoms with Gasteiger partial charge in [-0.25, -0.2) is 4.98 Å². The summed E-state index contributed by atoms with van der Waals surface area (Å²) < 4.78 is 5.22. The maximum absolute atomic E-state index is 12.0. The fourth-order valence-corrected chi connectivity index (χ4v) is 1.83. The predicted octanol–water partition coefficient (Wildman–Crippen LogP) is 1.73. The number of nitrogens with two attached hydrogens (primary N) is 1. The minimum absolute atomic E-state index is 0.137. The lowest BCUT2D eigenvalue weighted by Crippen LogP contribution is -2.15. The highest BCUT2D eigenvalue weighted by molar-refractivity contribution is 5.91. The van der Waals surface area contributed by atoms with E-state index in [-0.39, 0.29) is 12.3 Å². The quantitative estimate of drug-likeness (QED) is 0.868. The zero-order valence-electron chi connectivity index (χ0n) is 11.3. The van der Waals surface area contributed by atoms with E-state index >= 15 is 0 Å². The van der Waals surface area contributed by atoms with Crippen LogP contribution in [0.25, 0.3) is 0 Å². The smallest absolute Gasteiger partial charge is 0.230 e. The molecule has 1 aromatic carbocycles. The van der Waals surface area contributed by atoms with Gasteiger partial charge in [-0.2, -0.15) is 0 Å². The SMILES string of the molecule is COc1ccccc1CC(=O)Nc1ccc(CN)cn1. The van der Waals surface area contributed by atoms with E-state index < -0.39 is 0 Å². The Bertz CT molecular complexity index is 582. The minimum atomic E-state index is -0.137. The number of para-hydroxylation sites is 1. The van der Waals surface area contributed by atoms with Gasteiger partial charge in [0.15, 0.2) is 0 Å². The number of benzene rings is 1. The second kappa shape index (κ2) is 6.68. The molecule has 0 fully saturated rings. The number of hydrogen-bond acceptors (Lipinski definition) is 4. The second-order valence-corrected chi connectivity index (χ2v) is 4.29. The first-order valence-electron chi connectivity index (χ1n) is 6.29. The van der Waals surface area contributed by atoms with Gasteiger partial charge in [0.05, 0.1) is 13.5 Å². The molecule has 20 heavy (non-hydrogen) atoms. The van der Waals surface area contributed by atoms with Crippen LogP contribution in [0.2, 0.25) is 0 Å². The average molecular weight is 271 g/mol. The number of aromatic nitrogens is 1. The zero-order chi connectivity index (χ0) is 14.4. The molecule has 5 nitrogen and oxygen atoms in total. The lowest BCUT2D eigenvalue weighted by molar-refractivity contribution is -0.115. The van der Waals surface area contributed by atoms with Gasteiger partial charge in [0.25, 0.3) is 0 Å². The number of rotatable bonds is 5. The first-order chi connectivity index (χ1) is 9.72. The molecule has 1 aromatic heterocycles. The molecule has 2 rings (SSSR count). The Kier molecular flexibility index (Phi) is 4.68. The normalized spacial score (nSPS) is 10.1. The number of amides is 1. The van der Waals surface area contributed by atoms with E-state index in [2.05, 4.69) is 10.3 Å². The molecule has 5 heteroatoms.